The Labute approximate surface area is 89.9 Å². The smallest absolute Gasteiger partial charge is 0.120 e. The van der Waals surface area contributed by atoms with E-state index in [4.69, 9.17) is 4.74 Å². The zero-order valence-corrected chi connectivity index (χ0v) is 8.78. The highest BCUT2D eigenvalue weighted by Crippen LogP contribution is 2.34. The zero-order valence-electron chi connectivity index (χ0n) is 8.78. The van der Waals surface area contributed by atoms with Crippen LogP contribution in [0.15, 0.2) is 18.2 Å². The maximum Gasteiger partial charge on any atom is 0.120 e. The number of benzene rings is 1. The monoisotopic (exact) mass is 204 g/mol. The van der Waals surface area contributed by atoms with Gasteiger partial charge in [0.2, 0.25) is 0 Å². The maximum absolute atomic E-state index is 9.67. The minimum atomic E-state index is -0.252. The van der Waals surface area contributed by atoms with Crippen LogP contribution in [0.5, 0.6) is 5.75 Å². The SMILES string of the molecule is OC1CCc2cc(OC3CCC3)ccc21. The number of aliphatic hydroxyl groups excluding tert-OH is 1. The van der Waals surface area contributed by atoms with Crippen LogP contribution in [0.2, 0.25) is 0 Å². The Morgan fingerprint density at radius 3 is 2.80 bits per heavy atom. The van der Waals surface area contributed by atoms with E-state index in [1.807, 2.05) is 12.1 Å². The highest BCUT2D eigenvalue weighted by Gasteiger charge is 2.22. The van der Waals surface area contributed by atoms with Crippen LogP contribution >= 0.6 is 0 Å². The quantitative estimate of drug-likeness (QED) is 0.802. The Morgan fingerprint density at radius 2 is 2.07 bits per heavy atom. The molecular formula is C13H16O2. The van der Waals surface area contributed by atoms with Gasteiger partial charge in [0.1, 0.15) is 5.75 Å². The van der Waals surface area contributed by atoms with Crippen LogP contribution < -0.4 is 4.74 Å². The summed E-state index contributed by atoms with van der Waals surface area (Å²) in [5.74, 6) is 0.979. The van der Waals surface area contributed by atoms with Crippen molar-refractivity contribution in [2.75, 3.05) is 0 Å². The highest BCUT2D eigenvalue weighted by molar-refractivity contribution is 5.39. The second-order valence-corrected chi connectivity index (χ2v) is 4.59. The second-order valence-electron chi connectivity index (χ2n) is 4.59. The van der Waals surface area contributed by atoms with Crippen LogP contribution in [-0.4, -0.2) is 11.2 Å². The summed E-state index contributed by atoms with van der Waals surface area (Å²) in [5, 5.41) is 9.67. The first-order valence-electron chi connectivity index (χ1n) is 5.80. The third-order valence-electron chi connectivity index (χ3n) is 3.52. The fourth-order valence-electron chi connectivity index (χ4n) is 2.33. The van der Waals surface area contributed by atoms with E-state index in [0.717, 1.165) is 24.2 Å². The Bertz CT molecular complexity index is 369. The summed E-state index contributed by atoms with van der Waals surface area (Å²) >= 11 is 0. The molecule has 1 fully saturated rings. The van der Waals surface area contributed by atoms with Gasteiger partial charge in [0, 0.05) is 0 Å². The van der Waals surface area contributed by atoms with Gasteiger partial charge in [-0.1, -0.05) is 6.07 Å². The zero-order chi connectivity index (χ0) is 10.3. The van der Waals surface area contributed by atoms with Gasteiger partial charge in [0.25, 0.3) is 0 Å². The van der Waals surface area contributed by atoms with Gasteiger partial charge >= 0.3 is 0 Å². The van der Waals surface area contributed by atoms with Crippen molar-refractivity contribution in [3.8, 4) is 5.75 Å². The van der Waals surface area contributed by atoms with Crippen molar-refractivity contribution in [1.29, 1.82) is 0 Å². The lowest BCUT2D eigenvalue weighted by Gasteiger charge is -2.26. The molecule has 2 aliphatic carbocycles. The molecule has 2 heteroatoms. The van der Waals surface area contributed by atoms with Crippen LogP contribution in [0.25, 0.3) is 0 Å². The minimum absolute atomic E-state index is 0.252. The van der Waals surface area contributed by atoms with Crippen LogP contribution in [0.1, 0.15) is 42.9 Å². The predicted octanol–water partition coefficient (Wildman–Crippen LogP) is 2.60. The molecule has 0 heterocycles. The van der Waals surface area contributed by atoms with Crippen LogP contribution in [0, 0.1) is 0 Å². The fraction of sp³-hybridized carbons (Fsp3) is 0.538. The van der Waals surface area contributed by atoms with Gasteiger partial charge in [0.15, 0.2) is 0 Å². The summed E-state index contributed by atoms with van der Waals surface area (Å²) < 4.78 is 5.83. The summed E-state index contributed by atoms with van der Waals surface area (Å²) in [4.78, 5) is 0. The first kappa shape index (κ1) is 9.22. The normalized spacial score (nSPS) is 24.7. The molecule has 3 rings (SSSR count). The van der Waals surface area contributed by atoms with Crippen molar-refractivity contribution in [3.63, 3.8) is 0 Å². The molecule has 1 aromatic rings. The number of rotatable bonds is 2. The van der Waals surface area contributed by atoms with Gasteiger partial charge in [-0.2, -0.15) is 0 Å². The van der Waals surface area contributed by atoms with Crippen LogP contribution in [0.3, 0.4) is 0 Å². The van der Waals surface area contributed by atoms with Crippen LogP contribution in [-0.2, 0) is 6.42 Å². The molecule has 80 valence electrons. The second kappa shape index (κ2) is 3.53. The van der Waals surface area contributed by atoms with Gasteiger partial charge in [-0.25, -0.2) is 0 Å². The van der Waals surface area contributed by atoms with Crippen LogP contribution in [0.4, 0.5) is 0 Å². The lowest BCUT2D eigenvalue weighted by atomic mass is 9.96. The van der Waals surface area contributed by atoms with E-state index in [9.17, 15) is 5.11 Å². The molecule has 1 saturated carbocycles. The summed E-state index contributed by atoms with van der Waals surface area (Å²) in [7, 11) is 0. The molecule has 0 amide bonds. The molecule has 0 saturated heterocycles. The van der Waals surface area contributed by atoms with Crippen molar-refractivity contribution in [2.45, 2.75) is 44.3 Å². The number of aryl methyl sites for hydroxylation is 1. The summed E-state index contributed by atoms with van der Waals surface area (Å²) in [5.41, 5.74) is 2.36. The molecule has 1 atom stereocenters. The molecule has 0 spiro atoms. The molecule has 0 aliphatic heterocycles. The Kier molecular flexibility index (Phi) is 2.17. The highest BCUT2D eigenvalue weighted by atomic mass is 16.5. The Balaban J connectivity index is 1.79. The molecule has 0 bridgehead atoms. The van der Waals surface area contributed by atoms with Crippen molar-refractivity contribution in [2.24, 2.45) is 0 Å². The van der Waals surface area contributed by atoms with E-state index in [1.165, 1.54) is 24.8 Å². The average molecular weight is 204 g/mol. The van der Waals surface area contributed by atoms with E-state index in [0.29, 0.717) is 6.10 Å². The predicted molar refractivity (Wildman–Crippen MR) is 58.0 cm³/mol. The van der Waals surface area contributed by atoms with Crippen molar-refractivity contribution in [1.82, 2.24) is 0 Å². The molecule has 0 aromatic heterocycles. The standard InChI is InChI=1S/C13H16O2/c14-13-7-4-9-8-11(5-6-12(9)13)15-10-2-1-3-10/h5-6,8,10,13-14H,1-4,7H2. The van der Waals surface area contributed by atoms with E-state index >= 15 is 0 Å². The number of hydrogen-bond donors (Lipinski definition) is 1. The lowest BCUT2D eigenvalue weighted by molar-refractivity contribution is 0.120. The lowest BCUT2D eigenvalue weighted by Crippen LogP contribution is -2.24. The van der Waals surface area contributed by atoms with Crippen molar-refractivity contribution >= 4 is 0 Å². The maximum atomic E-state index is 9.67. The van der Waals surface area contributed by atoms with Gasteiger partial charge in [-0.15, -0.1) is 0 Å². The number of hydrogen-bond acceptors (Lipinski definition) is 2. The average Bonchev–Trinajstić information content (AvgIpc) is 2.54. The van der Waals surface area contributed by atoms with Gasteiger partial charge in [0.05, 0.1) is 12.2 Å². The third kappa shape index (κ3) is 1.63. The fourth-order valence-corrected chi connectivity index (χ4v) is 2.33. The molecule has 2 aliphatic rings. The molecule has 15 heavy (non-hydrogen) atoms. The van der Waals surface area contributed by atoms with E-state index < -0.39 is 0 Å². The van der Waals surface area contributed by atoms with E-state index in [2.05, 4.69) is 6.07 Å². The third-order valence-corrected chi connectivity index (χ3v) is 3.52. The summed E-state index contributed by atoms with van der Waals surface area (Å²) in [6.07, 6.45) is 5.72. The first-order chi connectivity index (χ1) is 7.33. The topological polar surface area (TPSA) is 29.5 Å². The largest absolute Gasteiger partial charge is 0.490 e. The number of aliphatic hydroxyl groups is 1. The van der Waals surface area contributed by atoms with Crippen molar-refractivity contribution in [3.05, 3.63) is 29.3 Å². The molecular weight excluding hydrogens is 188 g/mol. The Morgan fingerprint density at radius 1 is 1.20 bits per heavy atom. The summed E-state index contributed by atoms with van der Waals surface area (Å²) in [6, 6.07) is 6.11. The molecule has 1 unspecified atom stereocenters. The molecule has 0 radical (unpaired) electrons. The summed E-state index contributed by atoms with van der Waals surface area (Å²) in [6.45, 7) is 0. The van der Waals surface area contributed by atoms with Gasteiger partial charge in [-0.05, 0) is 55.4 Å². The van der Waals surface area contributed by atoms with Gasteiger partial charge in [-0.3, -0.25) is 0 Å². The molecule has 2 nitrogen and oxygen atoms in total. The molecule has 1 N–H and O–H groups in total. The van der Waals surface area contributed by atoms with Crippen molar-refractivity contribution < 1.29 is 9.84 Å². The van der Waals surface area contributed by atoms with Gasteiger partial charge < -0.3 is 9.84 Å². The van der Waals surface area contributed by atoms with E-state index in [1.54, 1.807) is 0 Å². The Hall–Kier alpha value is -1.02. The molecule has 1 aromatic carbocycles. The minimum Gasteiger partial charge on any atom is -0.490 e. The number of fused-ring (bicyclic) bond motifs is 1. The first-order valence-corrected chi connectivity index (χ1v) is 5.80. The van der Waals surface area contributed by atoms with E-state index in [-0.39, 0.29) is 6.10 Å². The number of ether oxygens (including phenoxy) is 1.